The number of allylic oxidation sites excluding steroid dienone is 1. The largest absolute Gasteiger partial charge is 0.468 e. The van der Waals surface area contributed by atoms with Crippen molar-refractivity contribution in [2.24, 2.45) is 5.73 Å². The molecule has 1 unspecified atom stereocenters. The smallest absolute Gasteiger partial charge is 0.345 e. The summed E-state index contributed by atoms with van der Waals surface area (Å²) in [7, 11) is 0. The first-order valence-corrected chi connectivity index (χ1v) is 12.2. The second kappa shape index (κ2) is 8.07. The second-order valence-corrected chi connectivity index (χ2v) is 9.34. The van der Waals surface area contributed by atoms with Crippen LogP contribution in [0, 0.1) is 0 Å². The fourth-order valence-electron chi connectivity index (χ4n) is 4.68. The van der Waals surface area contributed by atoms with Gasteiger partial charge in [0.05, 0.1) is 40.0 Å². The topological polar surface area (TPSA) is 122 Å². The fourth-order valence-corrected chi connectivity index (χ4v) is 5.58. The Bertz CT molecular complexity index is 1980. The predicted octanol–water partition coefficient (Wildman–Crippen LogP) is 5.47. The molecule has 0 spiro atoms. The lowest BCUT2D eigenvalue weighted by molar-refractivity contribution is 0.390. The van der Waals surface area contributed by atoms with Crippen LogP contribution in [0.3, 0.4) is 0 Å². The number of nitrogens with two attached hydrogens (primary N) is 1. The molecule has 8 nitrogen and oxygen atoms in total. The number of benzene rings is 2. The lowest BCUT2D eigenvalue weighted by Crippen LogP contribution is -2.26. The standard InChI is InChI=1S/C28H16N2O6S/c29-25-23(26-30-17(13-37-26)16-12-14-6-1-3-8-18(14)34-27(16)31)21(20-10-5-11-33-20)22-24(36-25)15-7-2-4-9-19(15)35-28(22)32/h1-13,21H,29H2. The van der Waals surface area contributed by atoms with Crippen LogP contribution in [0.15, 0.2) is 107 Å². The van der Waals surface area contributed by atoms with Crippen LogP contribution in [0.4, 0.5) is 0 Å². The van der Waals surface area contributed by atoms with E-state index in [0.29, 0.717) is 49.9 Å². The average Bonchev–Trinajstić information content (AvgIpc) is 3.60. The summed E-state index contributed by atoms with van der Waals surface area (Å²) in [5, 5.41) is 3.61. The number of hydrogen-bond donors (Lipinski definition) is 1. The Kier molecular flexibility index (Phi) is 4.67. The lowest BCUT2D eigenvalue weighted by Gasteiger charge is -2.26. The molecule has 0 radical (unpaired) electrons. The van der Waals surface area contributed by atoms with Crippen LogP contribution < -0.4 is 21.7 Å². The van der Waals surface area contributed by atoms with Crippen LogP contribution in [-0.4, -0.2) is 4.98 Å². The molecule has 6 aromatic rings. The number of thiazole rings is 1. The molecule has 2 aromatic carbocycles. The molecule has 0 aliphatic carbocycles. The van der Waals surface area contributed by atoms with Gasteiger partial charge in [-0.15, -0.1) is 11.3 Å². The summed E-state index contributed by atoms with van der Waals surface area (Å²) in [4.78, 5) is 30.7. The highest BCUT2D eigenvalue weighted by atomic mass is 32.1. The number of fused-ring (bicyclic) bond motifs is 4. The SMILES string of the molecule is NC1=C(c2nc(-c3cc4ccccc4oc3=O)cs2)C(c2ccco2)c2c(c3ccccc3oc2=O)O1. The van der Waals surface area contributed by atoms with Crippen LogP contribution in [-0.2, 0) is 0 Å². The molecule has 0 amide bonds. The maximum Gasteiger partial charge on any atom is 0.345 e. The molecule has 1 atom stereocenters. The van der Waals surface area contributed by atoms with Crippen LogP contribution in [0.2, 0.25) is 0 Å². The van der Waals surface area contributed by atoms with Crippen molar-refractivity contribution >= 4 is 38.8 Å². The van der Waals surface area contributed by atoms with E-state index in [1.54, 1.807) is 53.9 Å². The molecule has 1 aliphatic rings. The van der Waals surface area contributed by atoms with Crippen molar-refractivity contribution in [2.75, 3.05) is 0 Å². The highest BCUT2D eigenvalue weighted by molar-refractivity contribution is 7.11. The molecule has 9 heteroatoms. The van der Waals surface area contributed by atoms with E-state index >= 15 is 0 Å². The number of para-hydroxylation sites is 2. The monoisotopic (exact) mass is 508 g/mol. The third kappa shape index (κ3) is 3.32. The van der Waals surface area contributed by atoms with Gasteiger partial charge in [0.25, 0.3) is 0 Å². The first-order chi connectivity index (χ1) is 18.1. The molecule has 37 heavy (non-hydrogen) atoms. The molecule has 180 valence electrons. The Morgan fingerprint density at radius 1 is 0.892 bits per heavy atom. The minimum absolute atomic E-state index is 0.0797. The minimum Gasteiger partial charge on any atom is -0.468 e. The number of aromatic nitrogens is 1. The van der Waals surface area contributed by atoms with Crippen LogP contribution in [0.25, 0.3) is 38.8 Å². The Morgan fingerprint density at radius 2 is 1.68 bits per heavy atom. The van der Waals surface area contributed by atoms with Crippen LogP contribution >= 0.6 is 11.3 Å². The molecular formula is C28H16N2O6S. The maximum absolute atomic E-state index is 13.2. The molecule has 0 saturated heterocycles. The molecule has 2 N–H and O–H groups in total. The summed E-state index contributed by atoms with van der Waals surface area (Å²) in [6, 6.07) is 19.6. The highest BCUT2D eigenvalue weighted by Gasteiger charge is 2.39. The molecule has 0 bridgehead atoms. The van der Waals surface area contributed by atoms with Gasteiger partial charge in [-0.2, -0.15) is 0 Å². The Balaban J connectivity index is 1.42. The van der Waals surface area contributed by atoms with Gasteiger partial charge in [-0.3, -0.25) is 0 Å². The van der Waals surface area contributed by atoms with Gasteiger partial charge in [0, 0.05) is 10.8 Å². The summed E-state index contributed by atoms with van der Waals surface area (Å²) >= 11 is 1.27. The predicted molar refractivity (Wildman–Crippen MR) is 138 cm³/mol. The van der Waals surface area contributed by atoms with Crippen molar-refractivity contribution in [3.8, 4) is 17.0 Å². The van der Waals surface area contributed by atoms with Crippen LogP contribution in [0.1, 0.15) is 22.2 Å². The minimum atomic E-state index is -0.730. The van der Waals surface area contributed by atoms with Gasteiger partial charge >= 0.3 is 11.3 Å². The molecule has 7 rings (SSSR count). The highest BCUT2D eigenvalue weighted by Crippen LogP contribution is 2.48. The van der Waals surface area contributed by atoms with Crippen molar-refractivity contribution < 1.29 is 18.0 Å². The number of hydrogen-bond acceptors (Lipinski definition) is 9. The third-order valence-electron chi connectivity index (χ3n) is 6.33. The summed E-state index contributed by atoms with van der Waals surface area (Å²) < 4.78 is 22.9. The van der Waals surface area contributed by atoms with Crippen molar-refractivity contribution in [3.05, 3.63) is 121 Å². The summed E-state index contributed by atoms with van der Waals surface area (Å²) in [5.41, 5.74) is 7.76. The zero-order chi connectivity index (χ0) is 25.1. The van der Waals surface area contributed by atoms with Gasteiger partial charge in [-0.25, -0.2) is 14.6 Å². The van der Waals surface area contributed by atoms with Crippen molar-refractivity contribution in [2.45, 2.75) is 5.92 Å². The first-order valence-electron chi connectivity index (χ1n) is 11.3. The third-order valence-corrected chi connectivity index (χ3v) is 7.21. The maximum atomic E-state index is 13.2. The zero-order valence-corrected chi connectivity index (χ0v) is 19.8. The quantitative estimate of drug-likeness (QED) is 0.313. The van der Waals surface area contributed by atoms with Gasteiger partial charge in [-0.05, 0) is 36.4 Å². The lowest BCUT2D eigenvalue weighted by atomic mass is 9.87. The van der Waals surface area contributed by atoms with E-state index in [1.165, 1.54) is 17.6 Å². The number of ether oxygens (including phenoxy) is 1. The Hall–Kier alpha value is -4.89. The van der Waals surface area contributed by atoms with Gasteiger partial charge < -0.3 is 23.7 Å². The number of rotatable bonds is 3. The Morgan fingerprint density at radius 3 is 2.51 bits per heavy atom. The van der Waals surface area contributed by atoms with Crippen molar-refractivity contribution in [1.82, 2.24) is 4.98 Å². The van der Waals surface area contributed by atoms with Gasteiger partial charge in [0.2, 0.25) is 0 Å². The fraction of sp³-hybridized carbons (Fsp3) is 0.0357. The van der Waals surface area contributed by atoms with E-state index in [0.717, 1.165) is 5.39 Å². The number of furan rings is 1. The van der Waals surface area contributed by atoms with Gasteiger partial charge in [-0.1, -0.05) is 30.3 Å². The molecule has 5 heterocycles. The molecule has 0 fully saturated rings. The zero-order valence-electron chi connectivity index (χ0n) is 19.0. The van der Waals surface area contributed by atoms with Crippen molar-refractivity contribution in [3.63, 3.8) is 0 Å². The van der Waals surface area contributed by atoms with E-state index in [1.807, 2.05) is 18.2 Å². The summed E-state index contributed by atoms with van der Waals surface area (Å²) in [6.45, 7) is 0. The average molecular weight is 509 g/mol. The van der Waals surface area contributed by atoms with E-state index < -0.39 is 17.2 Å². The van der Waals surface area contributed by atoms with Gasteiger partial charge in [0.1, 0.15) is 21.9 Å². The van der Waals surface area contributed by atoms with Crippen LogP contribution in [0.5, 0.6) is 5.75 Å². The molecule has 1 aliphatic heterocycles. The van der Waals surface area contributed by atoms with E-state index in [4.69, 9.17) is 28.7 Å². The van der Waals surface area contributed by atoms with Crippen molar-refractivity contribution in [1.29, 1.82) is 0 Å². The van der Waals surface area contributed by atoms with Gasteiger partial charge in [0.15, 0.2) is 11.6 Å². The molecule has 4 aromatic heterocycles. The molecule has 0 saturated carbocycles. The normalized spacial score (nSPS) is 15.2. The first kappa shape index (κ1) is 21.4. The Labute approximate surface area is 211 Å². The molecular weight excluding hydrogens is 492 g/mol. The number of nitrogens with zero attached hydrogens (tertiary/aromatic N) is 1. The second-order valence-electron chi connectivity index (χ2n) is 8.48. The summed E-state index contributed by atoms with van der Waals surface area (Å²) in [5.74, 6) is 0.149. The van der Waals surface area contributed by atoms with E-state index in [-0.39, 0.29) is 11.4 Å². The summed E-state index contributed by atoms with van der Waals surface area (Å²) in [6.07, 6.45) is 1.52. The van der Waals surface area contributed by atoms with E-state index in [2.05, 4.69) is 0 Å². The van der Waals surface area contributed by atoms with E-state index in [9.17, 15) is 9.59 Å².